The van der Waals surface area contributed by atoms with E-state index in [4.69, 9.17) is 11.6 Å². The maximum Gasteiger partial charge on any atom is 0.254 e. The summed E-state index contributed by atoms with van der Waals surface area (Å²) in [4.78, 5) is 24.3. The van der Waals surface area contributed by atoms with Gasteiger partial charge in [-0.25, -0.2) is 9.97 Å². The molecule has 1 amide bonds. The maximum absolute atomic E-state index is 13.6. The minimum Gasteiger partial charge on any atom is -0.367 e. The molecule has 5 aromatic rings. The summed E-state index contributed by atoms with van der Waals surface area (Å²) < 4.78 is 0. The number of fused-ring (bicyclic) bond motifs is 1. The Hall–Kier alpha value is -4.22. The summed E-state index contributed by atoms with van der Waals surface area (Å²) in [6.07, 6.45) is 1.59. The number of nitrogens with zero attached hydrogens (tertiary/aromatic N) is 3. The van der Waals surface area contributed by atoms with Gasteiger partial charge in [0.15, 0.2) is 0 Å². The second-order valence-electron chi connectivity index (χ2n) is 9.61. The molecule has 1 heterocycles. The molecule has 0 aliphatic carbocycles. The lowest BCUT2D eigenvalue weighted by molar-refractivity contribution is 0.0730. The van der Waals surface area contributed by atoms with Crippen LogP contribution in [0, 0.1) is 0 Å². The van der Waals surface area contributed by atoms with Crippen molar-refractivity contribution in [3.8, 4) is 11.1 Å². The van der Waals surface area contributed by atoms with Crippen LogP contribution in [0.15, 0.2) is 103 Å². The van der Waals surface area contributed by atoms with Crippen molar-refractivity contribution in [3.63, 3.8) is 0 Å². The zero-order chi connectivity index (χ0) is 26.5. The lowest BCUT2D eigenvalue weighted by Crippen LogP contribution is -2.30. The zero-order valence-corrected chi connectivity index (χ0v) is 22.2. The molecule has 190 valence electrons. The fourth-order valence-electron chi connectivity index (χ4n) is 4.47. The molecular weight excluding hydrogens is 492 g/mol. The number of benzene rings is 4. The van der Waals surface area contributed by atoms with Crippen LogP contribution in [0.3, 0.4) is 0 Å². The molecule has 0 fully saturated rings. The molecule has 0 atom stereocenters. The van der Waals surface area contributed by atoms with Crippen molar-refractivity contribution in [2.24, 2.45) is 0 Å². The Labute approximate surface area is 228 Å². The van der Waals surface area contributed by atoms with Gasteiger partial charge in [0.25, 0.3) is 5.91 Å². The molecule has 38 heavy (non-hydrogen) atoms. The Morgan fingerprint density at radius 1 is 0.816 bits per heavy atom. The lowest BCUT2D eigenvalue weighted by atomic mass is 10.0. The first-order chi connectivity index (χ1) is 18.5. The van der Waals surface area contributed by atoms with E-state index in [0.717, 1.165) is 39.0 Å². The van der Waals surface area contributed by atoms with Gasteiger partial charge in [-0.2, -0.15) is 0 Å². The molecule has 1 aromatic heterocycles. The van der Waals surface area contributed by atoms with E-state index < -0.39 is 0 Å². The third-order valence-electron chi connectivity index (χ3n) is 6.29. The quantitative estimate of drug-likeness (QED) is 0.229. The van der Waals surface area contributed by atoms with Gasteiger partial charge in [0.1, 0.15) is 12.1 Å². The summed E-state index contributed by atoms with van der Waals surface area (Å²) in [5.74, 6) is 0.786. The number of rotatable bonds is 8. The van der Waals surface area contributed by atoms with Gasteiger partial charge >= 0.3 is 0 Å². The van der Waals surface area contributed by atoms with E-state index in [0.29, 0.717) is 23.7 Å². The average Bonchev–Trinajstić information content (AvgIpc) is 2.93. The average molecular weight is 521 g/mol. The molecule has 0 spiro atoms. The van der Waals surface area contributed by atoms with Crippen LogP contribution in [0.5, 0.6) is 0 Å². The normalized spacial score (nSPS) is 11.1. The second-order valence-corrected chi connectivity index (χ2v) is 10.0. The van der Waals surface area contributed by atoms with Crippen molar-refractivity contribution < 1.29 is 4.79 Å². The van der Waals surface area contributed by atoms with E-state index in [1.54, 1.807) is 30.6 Å². The number of amides is 1. The Balaban J connectivity index is 1.46. The smallest absolute Gasteiger partial charge is 0.254 e. The fourth-order valence-corrected chi connectivity index (χ4v) is 4.60. The first-order valence-electron chi connectivity index (χ1n) is 12.7. The van der Waals surface area contributed by atoms with Gasteiger partial charge in [0.05, 0.1) is 5.52 Å². The van der Waals surface area contributed by atoms with E-state index in [1.807, 2.05) is 47.4 Å². The molecule has 5 rings (SSSR count). The van der Waals surface area contributed by atoms with E-state index in [-0.39, 0.29) is 11.9 Å². The number of nitrogens with one attached hydrogen (secondary N) is 1. The van der Waals surface area contributed by atoms with E-state index in [9.17, 15) is 4.79 Å². The van der Waals surface area contributed by atoms with Crippen LogP contribution >= 0.6 is 11.6 Å². The highest BCUT2D eigenvalue weighted by Crippen LogP contribution is 2.28. The predicted molar refractivity (Wildman–Crippen MR) is 155 cm³/mol. The van der Waals surface area contributed by atoms with Crippen LogP contribution in [-0.4, -0.2) is 26.8 Å². The molecule has 0 aliphatic heterocycles. The van der Waals surface area contributed by atoms with E-state index in [1.165, 1.54) is 0 Å². The molecule has 4 aromatic carbocycles. The minimum atomic E-state index is -0.0387. The molecular formula is C32H29ClN4O. The minimum absolute atomic E-state index is 0.0387. The highest BCUT2D eigenvalue weighted by molar-refractivity contribution is 6.30. The summed E-state index contributed by atoms with van der Waals surface area (Å²) in [6.45, 7) is 5.16. The number of hydrogen-bond acceptors (Lipinski definition) is 4. The highest BCUT2D eigenvalue weighted by Gasteiger charge is 2.17. The van der Waals surface area contributed by atoms with Gasteiger partial charge in [-0.3, -0.25) is 4.79 Å². The summed E-state index contributed by atoms with van der Waals surface area (Å²) >= 11 is 6.07. The standard InChI is InChI=1S/C32H29ClN4O/c1-22(2)36-31-29-18-27(13-16-30(29)34-21-35-31)26-10-6-9-24(17-26)20-37(19-23-7-4-3-5-8-23)32(38)25-11-14-28(33)15-12-25/h3-18,21-22H,19-20H2,1-2H3,(H,34,35,36). The number of carbonyl (C=O) groups is 1. The van der Waals surface area contributed by atoms with E-state index >= 15 is 0 Å². The van der Waals surface area contributed by atoms with Crippen molar-refractivity contribution in [3.05, 3.63) is 125 Å². The largest absolute Gasteiger partial charge is 0.367 e. The number of hydrogen-bond donors (Lipinski definition) is 1. The molecule has 0 unspecified atom stereocenters. The Morgan fingerprint density at radius 2 is 1.53 bits per heavy atom. The van der Waals surface area contributed by atoms with E-state index in [2.05, 4.69) is 59.5 Å². The molecule has 0 bridgehead atoms. The second kappa shape index (κ2) is 11.4. The molecule has 1 N–H and O–H groups in total. The zero-order valence-electron chi connectivity index (χ0n) is 21.4. The molecule has 0 aliphatic rings. The van der Waals surface area contributed by atoms with Gasteiger partial charge in [-0.05, 0) is 78.6 Å². The summed E-state index contributed by atoms with van der Waals surface area (Å²) in [5, 5.41) is 5.00. The Morgan fingerprint density at radius 3 is 2.29 bits per heavy atom. The van der Waals surface area contributed by atoms with Gasteiger partial charge in [0.2, 0.25) is 0 Å². The first-order valence-corrected chi connectivity index (χ1v) is 13.0. The van der Waals surface area contributed by atoms with Crippen LogP contribution < -0.4 is 5.32 Å². The predicted octanol–water partition coefficient (Wildman–Crippen LogP) is 7.61. The van der Waals surface area contributed by atoms with Crippen LogP contribution in [0.4, 0.5) is 5.82 Å². The van der Waals surface area contributed by atoms with Gasteiger partial charge in [-0.1, -0.05) is 66.2 Å². The SMILES string of the molecule is CC(C)Nc1ncnc2ccc(-c3cccc(CN(Cc4ccccc4)C(=O)c4ccc(Cl)cc4)c3)cc12. The molecule has 0 radical (unpaired) electrons. The summed E-state index contributed by atoms with van der Waals surface area (Å²) in [6, 6.07) is 31.9. The van der Waals surface area contributed by atoms with Crippen molar-refractivity contribution in [2.75, 3.05) is 5.32 Å². The van der Waals surface area contributed by atoms with Crippen molar-refractivity contribution in [1.29, 1.82) is 0 Å². The van der Waals surface area contributed by atoms with Crippen LogP contribution in [0.25, 0.3) is 22.0 Å². The monoisotopic (exact) mass is 520 g/mol. The topological polar surface area (TPSA) is 58.1 Å². The first kappa shape index (κ1) is 25.4. The molecule has 0 saturated heterocycles. The molecule has 6 heteroatoms. The highest BCUT2D eigenvalue weighted by atomic mass is 35.5. The summed E-state index contributed by atoms with van der Waals surface area (Å²) in [5.41, 5.74) is 5.77. The molecule has 0 saturated carbocycles. The van der Waals surface area contributed by atoms with Crippen LogP contribution in [0.2, 0.25) is 5.02 Å². The van der Waals surface area contributed by atoms with Crippen LogP contribution in [-0.2, 0) is 13.1 Å². The number of anilines is 1. The third kappa shape index (κ3) is 6.01. The van der Waals surface area contributed by atoms with Gasteiger partial charge < -0.3 is 10.2 Å². The van der Waals surface area contributed by atoms with Crippen LogP contribution in [0.1, 0.15) is 35.3 Å². The van der Waals surface area contributed by atoms with Crippen molar-refractivity contribution in [2.45, 2.75) is 33.0 Å². The van der Waals surface area contributed by atoms with Crippen molar-refractivity contribution >= 4 is 34.2 Å². The number of aromatic nitrogens is 2. The third-order valence-corrected chi connectivity index (χ3v) is 6.54. The Kier molecular flexibility index (Phi) is 7.66. The fraction of sp³-hybridized carbons (Fsp3) is 0.156. The van der Waals surface area contributed by atoms with Crippen molar-refractivity contribution in [1.82, 2.24) is 14.9 Å². The number of halogens is 1. The van der Waals surface area contributed by atoms with Gasteiger partial charge in [0, 0.05) is 35.1 Å². The van der Waals surface area contributed by atoms with Gasteiger partial charge in [-0.15, -0.1) is 0 Å². The maximum atomic E-state index is 13.6. The molecule has 5 nitrogen and oxygen atoms in total. The Bertz CT molecular complexity index is 1550. The summed E-state index contributed by atoms with van der Waals surface area (Å²) in [7, 11) is 0. The lowest BCUT2D eigenvalue weighted by Gasteiger charge is -2.24. The number of carbonyl (C=O) groups excluding carboxylic acids is 1.